The van der Waals surface area contributed by atoms with Gasteiger partial charge in [-0.1, -0.05) is 13.8 Å². The number of aryl methyl sites for hydroxylation is 2. The fourth-order valence-electron chi connectivity index (χ4n) is 12.9. The van der Waals surface area contributed by atoms with E-state index in [0.29, 0.717) is 47.0 Å². The van der Waals surface area contributed by atoms with Crippen LogP contribution in [0.5, 0.6) is 23.0 Å². The van der Waals surface area contributed by atoms with Crippen molar-refractivity contribution in [2.75, 3.05) is 40.6 Å². The highest BCUT2D eigenvalue weighted by Crippen LogP contribution is 2.64. The Kier molecular flexibility index (Phi) is 11.5. The smallest absolute Gasteiger partial charge is 0.333 e. The molecule has 6 aliphatic rings. The molecule has 8 rings (SSSR count). The number of benzene rings is 2. The molecule has 0 saturated heterocycles. The molecule has 13 nitrogen and oxygen atoms in total. The normalized spacial score (nSPS) is 34.3. The third kappa shape index (κ3) is 7.96. The molecule has 0 aromatic heterocycles. The predicted molar refractivity (Wildman–Crippen MR) is 213 cm³/mol. The van der Waals surface area contributed by atoms with Gasteiger partial charge in [0.25, 0.3) is 0 Å². The molecule has 10 unspecified atom stereocenters. The highest BCUT2D eigenvalue weighted by Gasteiger charge is 2.57. The molecule has 6 aliphatic carbocycles. The van der Waals surface area contributed by atoms with Gasteiger partial charge in [0.2, 0.25) is 0 Å². The van der Waals surface area contributed by atoms with Crippen molar-refractivity contribution in [2.45, 2.75) is 115 Å². The highest BCUT2D eigenvalue weighted by molar-refractivity contribution is 7.84. The minimum atomic E-state index is -3.98. The molecule has 2 aromatic rings. The molecule has 15 heteroatoms. The monoisotopic (exact) mass is 832 g/mol. The summed E-state index contributed by atoms with van der Waals surface area (Å²) in [4.78, 5) is 0. The summed E-state index contributed by atoms with van der Waals surface area (Å²) in [6, 6.07) is 8.83. The minimum Gasteiger partial charge on any atom is -0.493 e. The van der Waals surface area contributed by atoms with E-state index < -0.39 is 20.6 Å². The fourth-order valence-corrected chi connectivity index (χ4v) is 13.5. The van der Waals surface area contributed by atoms with Gasteiger partial charge in [-0.25, -0.2) is 10.3 Å². The Hall–Kier alpha value is -2.50. The maximum Gasteiger partial charge on any atom is 0.333 e. The second-order valence-electron chi connectivity index (χ2n) is 17.9. The van der Waals surface area contributed by atoms with Crippen molar-refractivity contribution in [3.8, 4) is 23.0 Å². The summed E-state index contributed by atoms with van der Waals surface area (Å²) in [6.07, 6.45) is 12.6. The zero-order chi connectivity index (χ0) is 40.3. The van der Waals surface area contributed by atoms with Crippen molar-refractivity contribution < 1.29 is 48.9 Å². The topological polar surface area (TPSA) is 185 Å². The Morgan fingerprint density at radius 3 is 1.39 bits per heavy atom. The maximum atomic E-state index is 11.2. The summed E-state index contributed by atoms with van der Waals surface area (Å²) in [7, 11) is -4.53. The van der Waals surface area contributed by atoms with Gasteiger partial charge in [0.05, 0.1) is 52.9 Å². The van der Waals surface area contributed by atoms with Crippen molar-refractivity contribution in [2.24, 2.45) is 44.8 Å². The quantitative estimate of drug-likeness (QED) is 0.200. The number of nitrogens with two attached hydrogens (primary N) is 2. The summed E-state index contributed by atoms with van der Waals surface area (Å²) in [5.41, 5.74) is 5.46. The van der Waals surface area contributed by atoms with Crippen LogP contribution < -0.4 is 24.5 Å². The first-order valence-electron chi connectivity index (χ1n) is 20.8. The van der Waals surface area contributed by atoms with E-state index in [-0.39, 0.29) is 49.5 Å². The van der Waals surface area contributed by atoms with Crippen molar-refractivity contribution in [1.29, 1.82) is 0 Å². The molecule has 0 amide bonds. The molecule has 4 fully saturated rings. The first-order valence-corrected chi connectivity index (χ1v) is 23.7. The van der Waals surface area contributed by atoms with E-state index in [2.05, 4.69) is 38.1 Å². The first kappa shape index (κ1) is 41.2. The van der Waals surface area contributed by atoms with Gasteiger partial charge in [0, 0.05) is 0 Å². The van der Waals surface area contributed by atoms with Crippen LogP contribution in [-0.2, 0) is 51.3 Å². The first-order chi connectivity index (χ1) is 27.1. The average molecular weight is 833 g/mol. The lowest BCUT2D eigenvalue weighted by Crippen LogP contribution is -2.45. The second-order valence-corrected chi connectivity index (χ2v) is 20.4. The molecule has 316 valence electrons. The lowest BCUT2D eigenvalue weighted by Gasteiger charge is -2.50. The molecule has 0 radical (unpaired) electrons. The van der Waals surface area contributed by atoms with Crippen molar-refractivity contribution in [3.63, 3.8) is 0 Å². The van der Waals surface area contributed by atoms with E-state index in [1.807, 2.05) is 0 Å². The van der Waals surface area contributed by atoms with E-state index in [4.69, 9.17) is 42.3 Å². The molecule has 0 heterocycles. The zero-order valence-electron chi connectivity index (χ0n) is 33.7. The highest BCUT2D eigenvalue weighted by atomic mass is 32.2. The van der Waals surface area contributed by atoms with Crippen molar-refractivity contribution in [1.82, 2.24) is 0 Å². The number of ether oxygens (including phenoxy) is 5. The predicted octanol–water partition coefficient (Wildman–Crippen LogP) is 6.42. The molecule has 2 aromatic carbocycles. The van der Waals surface area contributed by atoms with E-state index in [1.165, 1.54) is 22.3 Å². The van der Waals surface area contributed by atoms with Gasteiger partial charge in [0.15, 0.2) is 23.0 Å². The number of hydrogen-bond donors (Lipinski definition) is 2. The van der Waals surface area contributed by atoms with Gasteiger partial charge in [-0.3, -0.25) is 8.37 Å². The van der Waals surface area contributed by atoms with Crippen LogP contribution in [0.1, 0.15) is 112 Å². The summed E-state index contributed by atoms with van der Waals surface area (Å²) >= 11 is 0. The Bertz CT molecular complexity index is 1900. The van der Waals surface area contributed by atoms with E-state index in [1.54, 1.807) is 14.2 Å². The van der Waals surface area contributed by atoms with Crippen LogP contribution in [0, 0.1) is 34.5 Å². The third-order valence-electron chi connectivity index (χ3n) is 15.4. The zero-order valence-corrected chi connectivity index (χ0v) is 35.3. The van der Waals surface area contributed by atoms with Crippen LogP contribution in [0.2, 0.25) is 0 Å². The Morgan fingerprint density at radius 1 is 0.579 bits per heavy atom. The van der Waals surface area contributed by atoms with Crippen LogP contribution in [0.15, 0.2) is 24.3 Å². The molecule has 4 saturated carbocycles. The van der Waals surface area contributed by atoms with Gasteiger partial charge < -0.3 is 23.7 Å². The number of methoxy groups -OCH3 is 2. The molecular formula is C42H60N2O11S2. The summed E-state index contributed by atoms with van der Waals surface area (Å²) in [6.45, 7) is 5.00. The van der Waals surface area contributed by atoms with Crippen molar-refractivity contribution in [3.05, 3.63) is 46.5 Å². The van der Waals surface area contributed by atoms with E-state index in [0.717, 1.165) is 88.5 Å². The summed E-state index contributed by atoms with van der Waals surface area (Å²) in [5, 5.41) is 9.99. The van der Waals surface area contributed by atoms with Crippen LogP contribution in [0.25, 0.3) is 0 Å². The van der Waals surface area contributed by atoms with Crippen LogP contribution >= 0.6 is 0 Å². The molecule has 10 atom stereocenters. The Morgan fingerprint density at radius 2 is 1.00 bits per heavy atom. The van der Waals surface area contributed by atoms with E-state index >= 15 is 0 Å². The molecule has 0 aliphatic heterocycles. The van der Waals surface area contributed by atoms with Gasteiger partial charge in [0.1, 0.15) is 0 Å². The van der Waals surface area contributed by atoms with Crippen LogP contribution in [-0.4, -0.2) is 69.7 Å². The third-order valence-corrected chi connectivity index (χ3v) is 16.4. The van der Waals surface area contributed by atoms with Gasteiger partial charge in [-0.15, -0.1) is 0 Å². The van der Waals surface area contributed by atoms with E-state index in [9.17, 15) is 16.8 Å². The standard InChI is InChI=1S/C42H60N2O11S2/c1-41-15-13-27-29(33(41)9-11-39(41)51-17-19-53-56(43,45)46)7-5-25-21-37(35(49-3)23-31(25)27)55-38-22-26-6-8-30-28(32(26)24-36(38)50-4)14-16-42(2)34(30)10-12-40(42)52-18-20-54-57(44,47)48/h21-24,27-30,33-34,39-40H,5-20H2,1-4H3,(H2,43,45,46)(H2,44,47,48). The summed E-state index contributed by atoms with van der Waals surface area (Å²) < 4.78 is 85.6. The lowest BCUT2D eigenvalue weighted by molar-refractivity contribution is -0.0691. The molecule has 0 bridgehead atoms. The fraction of sp³-hybridized carbons (Fsp3) is 0.714. The Balaban J connectivity index is 0.957. The minimum absolute atomic E-state index is 0.0385. The van der Waals surface area contributed by atoms with Gasteiger partial charge in [-0.2, -0.15) is 16.8 Å². The number of fused-ring (bicyclic) bond motifs is 10. The molecular weight excluding hydrogens is 773 g/mol. The number of hydrogen-bond acceptors (Lipinski definition) is 11. The molecule has 57 heavy (non-hydrogen) atoms. The molecule has 4 N–H and O–H groups in total. The van der Waals surface area contributed by atoms with Gasteiger partial charge in [-0.05, 0) is 170 Å². The maximum absolute atomic E-state index is 11.2. The summed E-state index contributed by atoms with van der Waals surface area (Å²) in [5.74, 6) is 5.89. The number of rotatable bonds is 14. The van der Waals surface area contributed by atoms with Gasteiger partial charge >= 0.3 is 20.6 Å². The second kappa shape index (κ2) is 15.8. The molecule has 0 spiro atoms. The van der Waals surface area contributed by atoms with Crippen LogP contribution in [0.4, 0.5) is 0 Å². The lowest BCUT2D eigenvalue weighted by atomic mass is 9.55. The average Bonchev–Trinajstić information content (AvgIpc) is 3.69. The van der Waals surface area contributed by atoms with Crippen LogP contribution in [0.3, 0.4) is 0 Å². The SMILES string of the molecule is COc1cc2c(cc1Oc1cc3c(cc1OC)C1CCC4(C)C(OCCOS(N)(=O)=O)CCC4C1CC3)CCC1C2CCC2(C)C(OCCOS(N)(=O)=O)CCC12. The largest absolute Gasteiger partial charge is 0.493 e. The Labute approximate surface area is 338 Å². The van der Waals surface area contributed by atoms with Crippen molar-refractivity contribution >= 4 is 20.6 Å².